The molecule has 1 saturated carbocycles. The molecule has 2 heteroatoms. The van der Waals surface area contributed by atoms with E-state index in [-0.39, 0.29) is 6.10 Å². The largest absolute Gasteiger partial charge is 0.387 e. The minimum absolute atomic E-state index is 0.379. The highest BCUT2D eigenvalue weighted by molar-refractivity contribution is 5.31. The molecular weight excluding hydrogens is 222 g/mol. The third-order valence-electron chi connectivity index (χ3n) is 4.38. The van der Waals surface area contributed by atoms with Crippen LogP contribution < -0.4 is 0 Å². The number of hydrogen-bond donors (Lipinski definition) is 1. The maximum absolute atomic E-state index is 10.3. The maximum Gasteiger partial charge on any atom is 0.0917 e. The number of hydrogen-bond acceptors (Lipinski definition) is 2. The van der Waals surface area contributed by atoms with Gasteiger partial charge in [-0.25, -0.2) is 0 Å². The van der Waals surface area contributed by atoms with Crippen molar-refractivity contribution in [3.8, 4) is 0 Å². The molecule has 0 spiro atoms. The zero-order valence-electron chi connectivity index (χ0n) is 12.0. The maximum atomic E-state index is 10.3. The predicted octanol–water partition coefficient (Wildman–Crippen LogP) is 3.07. The van der Waals surface area contributed by atoms with Crippen molar-refractivity contribution < 1.29 is 5.11 Å². The molecule has 2 unspecified atom stereocenters. The van der Waals surface area contributed by atoms with Gasteiger partial charge in [0.15, 0.2) is 0 Å². The molecular formula is C16H25NO. The van der Waals surface area contributed by atoms with Gasteiger partial charge in [-0.2, -0.15) is 0 Å². The van der Waals surface area contributed by atoms with Crippen LogP contribution in [0.5, 0.6) is 0 Å². The van der Waals surface area contributed by atoms with Crippen molar-refractivity contribution in [2.45, 2.75) is 45.8 Å². The van der Waals surface area contributed by atoms with Gasteiger partial charge in [0.05, 0.1) is 6.10 Å². The Balaban J connectivity index is 1.97. The van der Waals surface area contributed by atoms with Crippen molar-refractivity contribution >= 4 is 0 Å². The van der Waals surface area contributed by atoms with E-state index < -0.39 is 0 Å². The lowest BCUT2D eigenvalue weighted by Crippen LogP contribution is -2.34. The minimum atomic E-state index is -0.379. The lowest BCUT2D eigenvalue weighted by Gasteiger charge is -2.27. The van der Waals surface area contributed by atoms with Crippen LogP contribution in [0.25, 0.3) is 0 Å². The van der Waals surface area contributed by atoms with Crippen LogP contribution in [0.1, 0.15) is 42.6 Å². The number of aliphatic hydroxyl groups is 1. The second-order valence-corrected chi connectivity index (χ2v) is 5.88. The fraction of sp³-hybridized carbons (Fsp3) is 0.625. The molecule has 2 atom stereocenters. The normalized spacial score (nSPS) is 19.0. The van der Waals surface area contributed by atoms with Gasteiger partial charge in [0, 0.05) is 12.6 Å². The molecule has 1 aliphatic carbocycles. The predicted molar refractivity (Wildman–Crippen MR) is 75.7 cm³/mol. The van der Waals surface area contributed by atoms with Crippen LogP contribution in [0.2, 0.25) is 0 Å². The Hall–Kier alpha value is -0.860. The number of benzene rings is 1. The van der Waals surface area contributed by atoms with E-state index in [0.717, 1.165) is 18.0 Å². The van der Waals surface area contributed by atoms with E-state index in [2.05, 4.69) is 44.9 Å². The first-order valence-corrected chi connectivity index (χ1v) is 6.94. The summed E-state index contributed by atoms with van der Waals surface area (Å²) in [7, 11) is 2.12. The van der Waals surface area contributed by atoms with Gasteiger partial charge in [-0.15, -0.1) is 0 Å². The van der Waals surface area contributed by atoms with Crippen molar-refractivity contribution in [1.29, 1.82) is 0 Å². The van der Waals surface area contributed by atoms with Crippen LogP contribution >= 0.6 is 0 Å². The summed E-state index contributed by atoms with van der Waals surface area (Å²) in [5, 5.41) is 10.3. The number of nitrogens with zero attached hydrogens (tertiary/aromatic N) is 1. The number of aliphatic hydroxyl groups excluding tert-OH is 1. The van der Waals surface area contributed by atoms with Gasteiger partial charge < -0.3 is 10.0 Å². The van der Waals surface area contributed by atoms with Gasteiger partial charge in [0.25, 0.3) is 0 Å². The van der Waals surface area contributed by atoms with Gasteiger partial charge in [-0.1, -0.05) is 18.2 Å². The zero-order valence-corrected chi connectivity index (χ0v) is 12.0. The lowest BCUT2D eigenvalue weighted by molar-refractivity contribution is 0.102. The number of rotatable bonds is 5. The van der Waals surface area contributed by atoms with Crippen molar-refractivity contribution in [3.05, 3.63) is 34.9 Å². The van der Waals surface area contributed by atoms with E-state index in [0.29, 0.717) is 6.04 Å². The molecule has 0 aromatic heterocycles. The Bertz CT molecular complexity index is 412. The first-order valence-electron chi connectivity index (χ1n) is 6.94. The topological polar surface area (TPSA) is 23.5 Å². The summed E-state index contributed by atoms with van der Waals surface area (Å²) < 4.78 is 0. The molecule has 100 valence electrons. The van der Waals surface area contributed by atoms with Crippen molar-refractivity contribution in [2.24, 2.45) is 5.92 Å². The lowest BCUT2D eigenvalue weighted by atomic mass is 10.0. The first-order chi connectivity index (χ1) is 8.49. The SMILES string of the molecule is Cc1ccc(C(O)CN(C)C(C)C2CC2)cc1C. The second kappa shape index (κ2) is 5.41. The minimum Gasteiger partial charge on any atom is -0.387 e. The quantitative estimate of drug-likeness (QED) is 0.864. The summed E-state index contributed by atoms with van der Waals surface area (Å²) in [4.78, 5) is 2.29. The summed E-state index contributed by atoms with van der Waals surface area (Å²) in [6, 6.07) is 6.84. The van der Waals surface area contributed by atoms with Crippen LogP contribution in [0.15, 0.2) is 18.2 Å². The van der Waals surface area contributed by atoms with Gasteiger partial charge in [0.2, 0.25) is 0 Å². The first kappa shape index (κ1) is 13.6. The van der Waals surface area contributed by atoms with E-state index in [4.69, 9.17) is 0 Å². The zero-order chi connectivity index (χ0) is 13.3. The van der Waals surface area contributed by atoms with Crippen LogP contribution in [-0.2, 0) is 0 Å². The fourth-order valence-corrected chi connectivity index (χ4v) is 2.45. The van der Waals surface area contributed by atoms with Crippen LogP contribution in [0.3, 0.4) is 0 Å². The fourth-order valence-electron chi connectivity index (χ4n) is 2.45. The Morgan fingerprint density at radius 1 is 1.28 bits per heavy atom. The molecule has 0 radical (unpaired) electrons. The molecule has 1 N–H and O–H groups in total. The molecule has 0 bridgehead atoms. The smallest absolute Gasteiger partial charge is 0.0917 e. The molecule has 1 fully saturated rings. The number of likely N-dealkylation sites (N-methyl/N-ethyl adjacent to an activating group) is 1. The molecule has 0 aliphatic heterocycles. The Morgan fingerprint density at radius 3 is 2.50 bits per heavy atom. The average Bonchev–Trinajstić information content (AvgIpc) is 3.15. The molecule has 0 heterocycles. The third-order valence-corrected chi connectivity index (χ3v) is 4.38. The summed E-state index contributed by atoms with van der Waals surface area (Å²) in [6.45, 7) is 7.19. The molecule has 18 heavy (non-hydrogen) atoms. The highest BCUT2D eigenvalue weighted by atomic mass is 16.3. The molecule has 2 rings (SSSR count). The van der Waals surface area contributed by atoms with Crippen LogP contribution in [0.4, 0.5) is 0 Å². The summed E-state index contributed by atoms with van der Waals surface area (Å²) in [5.41, 5.74) is 3.57. The highest BCUT2D eigenvalue weighted by Gasteiger charge is 2.31. The van der Waals surface area contributed by atoms with Gasteiger partial charge >= 0.3 is 0 Å². The Kier molecular flexibility index (Phi) is 4.08. The Labute approximate surface area is 111 Å². The van der Waals surface area contributed by atoms with E-state index in [9.17, 15) is 5.11 Å². The van der Waals surface area contributed by atoms with Crippen molar-refractivity contribution in [2.75, 3.05) is 13.6 Å². The summed E-state index contributed by atoms with van der Waals surface area (Å²) in [6.07, 6.45) is 2.33. The van der Waals surface area contributed by atoms with E-state index >= 15 is 0 Å². The average molecular weight is 247 g/mol. The second-order valence-electron chi connectivity index (χ2n) is 5.88. The van der Waals surface area contributed by atoms with Crippen molar-refractivity contribution in [1.82, 2.24) is 4.90 Å². The van der Waals surface area contributed by atoms with Crippen LogP contribution in [-0.4, -0.2) is 29.6 Å². The van der Waals surface area contributed by atoms with Crippen molar-refractivity contribution in [3.63, 3.8) is 0 Å². The molecule has 1 aromatic rings. The highest BCUT2D eigenvalue weighted by Crippen LogP contribution is 2.35. The molecule has 2 nitrogen and oxygen atoms in total. The molecule has 1 aromatic carbocycles. The van der Waals surface area contributed by atoms with E-state index in [1.165, 1.54) is 24.0 Å². The standard InChI is InChI=1S/C16H25NO/c1-11-5-6-15(9-12(11)2)16(18)10-17(4)13(3)14-7-8-14/h5-6,9,13-14,16,18H,7-8,10H2,1-4H3. The summed E-state index contributed by atoms with van der Waals surface area (Å²) >= 11 is 0. The molecule has 0 saturated heterocycles. The van der Waals surface area contributed by atoms with Gasteiger partial charge in [-0.3, -0.25) is 0 Å². The molecule has 1 aliphatic rings. The van der Waals surface area contributed by atoms with E-state index in [1.54, 1.807) is 0 Å². The van der Waals surface area contributed by atoms with E-state index in [1.807, 2.05) is 6.07 Å². The third kappa shape index (κ3) is 3.12. The van der Waals surface area contributed by atoms with Gasteiger partial charge in [0.1, 0.15) is 0 Å². The van der Waals surface area contributed by atoms with Crippen LogP contribution in [0, 0.1) is 19.8 Å². The number of aryl methyl sites for hydroxylation is 2. The Morgan fingerprint density at radius 2 is 1.94 bits per heavy atom. The molecule has 0 amide bonds. The monoisotopic (exact) mass is 247 g/mol. The van der Waals surface area contributed by atoms with Gasteiger partial charge in [-0.05, 0) is 63.3 Å². The summed E-state index contributed by atoms with van der Waals surface area (Å²) in [5.74, 6) is 0.849.